The number of likely N-dealkylation sites (tertiary alicyclic amines) is 1. The normalized spacial score (nSPS) is 28.1. The van der Waals surface area contributed by atoms with Gasteiger partial charge in [0.05, 0.1) is 20.3 Å². The Hall–Kier alpha value is -1.63. The van der Waals surface area contributed by atoms with Crippen LogP contribution in [0.3, 0.4) is 0 Å². The maximum atomic E-state index is 12.3. The van der Waals surface area contributed by atoms with E-state index in [9.17, 15) is 9.59 Å². The lowest BCUT2D eigenvalue weighted by molar-refractivity contribution is -0.153. The van der Waals surface area contributed by atoms with Crippen LogP contribution in [0.25, 0.3) is 0 Å². The van der Waals surface area contributed by atoms with E-state index in [1.165, 1.54) is 12.7 Å². The smallest absolute Gasteiger partial charge is 0.315 e. The van der Waals surface area contributed by atoms with Crippen LogP contribution < -0.4 is 4.90 Å². The summed E-state index contributed by atoms with van der Waals surface area (Å²) in [4.78, 5) is 28.3. The first-order valence-electron chi connectivity index (χ1n) is 8.90. The van der Waals surface area contributed by atoms with Gasteiger partial charge in [0.25, 0.3) is 0 Å². The molecule has 6 nitrogen and oxygen atoms in total. The number of nitrogens with zero attached hydrogens (tertiary/aromatic N) is 2. The van der Waals surface area contributed by atoms with E-state index in [-0.39, 0.29) is 30.2 Å². The molecule has 0 unspecified atom stereocenters. The van der Waals surface area contributed by atoms with Crippen LogP contribution in [-0.4, -0.2) is 56.7 Å². The SMILES string of the molecule is COC(=O)[C@@]12COC[C@@H]1CN(Cc1ccc(N3CCCC3=O)cc1)C2.Cl. The van der Waals surface area contributed by atoms with E-state index in [0.29, 0.717) is 26.2 Å². The van der Waals surface area contributed by atoms with Crippen LogP contribution in [0.15, 0.2) is 24.3 Å². The Morgan fingerprint density at radius 2 is 2.12 bits per heavy atom. The van der Waals surface area contributed by atoms with Crippen LogP contribution >= 0.6 is 12.4 Å². The number of amides is 1. The van der Waals surface area contributed by atoms with Gasteiger partial charge in [-0.05, 0) is 24.1 Å². The summed E-state index contributed by atoms with van der Waals surface area (Å²) < 4.78 is 10.6. The highest BCUT2D eigenvalue weighted by molar-refractivity contribution is 5.95. The molecule has 7 heteroatoms. The maximum absolute atomic E-state index is 12.3. The van der Waals surface area contributed by atoms with Crippen molar-refractivity contribution in [1.82, 2.24) is 4.90 Å². The number of carbonyl (C=O) groups excluding carboxylic acids is 2. The quantitative estimate of drug-likeness (QED) is 0.746. The van der Waals surface area contributed by atoms with Crippen LogP contribution in [-0.2, 0) is 25.6 Å². The number of carbonyl (C=O) groups is 2. The van der Waals surface area contributed by atoms with Gasteiger partial charge in [-0.25, -0.2) is 0 Å². The largest absolute Gasteiger partial charge is 0.468 e. The Bertz CT molecular complexity index is 681. The van der Waals surface area contributed by atoms with Crippen molar-refractivity contribution in [2.24, 2.45) is 11.3 Å². The molecule has 0 spiro atoms. The number of esters is 1. The van der Waals surface area contributed by atoms with E-state index in [1.54, 1.807) is 0 Å². The lowest BCUT2D eigenvalue weighted by Gasteiger charge is -2.24. The van der Waals surface area contributed by atoms with Gasteiger partial charge in [-0.1, -0.05) is 12.1 Å². The van der Waals surface area contributed by atoms with E-state index in [2.05, 4.69) is 17.0 Å². The second kappa shape index (κ2) is 7.55. The van der Waals surface area contributed by atoms with E-state index < -0.39 is 5.41 Å². The molecule has 1 aromatic carbocycles. The lowest BCUT2D eigenvalue weighted by atomic mass is 9.81. The summed E-state index contributed by atoms with van der Waals surface area (Å²) in [5.74, 6) is 0.266. The van der Waals surface area contributed by atoms with Gasteiger partial charge in [0, 0.05) is 44.2 Å². The Kier molecular flexibility index (Phi) is 5.55. The predicted octanol–water partition coefficient (Wildman–Crippen LogP) is 1.86. The molecular weight excluding hydrogens is 356 g/mol. The fourth-order valence-electron chi connectivity index (χ4n) is 4.41. The fraction of sp³-hybridized carbons (Fsp3) is 0.579. The second-order valence-corrected chi connectivity index (χ2v) is 7.34. The van der Waals surface area contributed by atoms with E-state index >= 15 is 0 Å². The number of ether oxygens (including phenoxy) is 2. The van der Waals surface area contributed by atoms with Crippen molar-refractivity contribution in [3.63, 3.8) is 0 Å². The maximum Gasteiger partial charge on any atom is 0.315 e. The van der Waals surface area contributed by atoms with Crippen molar-refractivity contribution in [1.29, 1.82) is 0 Å². The number of benzene rings is 1. The summed E-state index contributed by atoms with van der Waals surface area (Å²) in [5.41, 5.74) is 1.66. The summed E-state index contributed by atoms with van der Waals surface area (Å²) in [6, 6.07) is 8.20. The molecular formula is C19H25ClN2O4. The van der Waals surface area contributed by atoms with Crippen molar-refractivity contribution < 1.29 is 19.1 Å². The molecule has 0 radical (unpaired) electrons. The first-order valence-corrected chi connectivity index (χ1v) is 8.90. The van der Waals surface area contributed by atoms with Crippen LogP contribution in [0.5, 0.6) is 0 Å². The molecule has 0 aliphatic carbocycles. The second-order valence-electron chi connectivity index (χ2n) is 7.34. The monoisotopic (exact) mass is 380 g/mol. The number of hydrogen-bond donors (Lipinski definition) is 0. The van der Waals surface area contributed by atoms with E-state index in [1.807, 2.05) is 17.0 Å². The number of methoxy groups -OCH3 is 1. The number of anilines is 1. The minimum atomic E-state index is -0.503. The third kappa shape index (κ3) is 3.21. The third-order valence-corrected chi connectivity index (χ3v) is 5.76. The average molecular weight is 381 g/mol. The van der Waals surface area contributed by atoms with Crippen molar-refractivity contribution in [3.05, 3.63) is 29.8 Å². The van der Waals surface area contributed by atoms with Crippen molar-refractivity contribution in [2.45, 2.75) is 19.4 Å². The minimum absolute atomic E-state index is 0. The molecule has 1 amide bonds. The number of fused-ring (bicyclic) bond motifs is 1. The molecule has 3 heterocycles. The molecule has 1 aromatic rings. The Morgan fingerprint density at radius 3 is 2.77 bits per heavy atom. The van der Waals surface area contributed by atoms with Crippen LogP contribution in [0.1, 0.15) is 18.4 Å². The zero-order chi connectivity index (χ0) is 17.4. The summed E-state index contributed by atoms with van der Waals surface area (Å²) in [6.07, 6.45) is 1.59. The topological polar surface area (TPSA) is 59.1 Å². The van der Waals surface area contributed by atoms with Crippen molar-refractivity contribution in [3.8, 4) is 0 Å². The van der Waals surface area contributed by atoms with Crippen molar-refractivity contribution >= 4 is 30.0 Å². The lowest BCUT2D eigenvalue weighted by Crippen LogP contribution is -2.40. The highest BCUT2D eigenvalue weighted by Crippen LogP contribution is 2.42. The summed E-state index contributed by atoms with van der Waals surface area (Å²) >= 11 is 0. The first-order chi connectivity index (χ1) is 12.1. The molecule has 3 aliphatic rings. The Morgan fingerprint density at radius 1 is 1.35 bits per heavy atom. The number of halogens is 1. The average Bonchev–Trinajstić information content (AvgIpc) is 3.29. The highest BCUT2D eigenvalue weighted by Gasteiger charge is 2.56. The molecule has 2 atom stereocenters. The predicted molar refractivity (Wildman–Crippen MR) is 99.3 cm³/mol. The molecule has 0 bridgehead atoms. The minimum Gasteiger partial charge on any atom is -0.468 e. The van der Waals surface area contributed by atoms with Gasteiger partial charge in [0.1, 0.15) is 5.41 Å². The zero-order valence-corrected chi connectivity index (χ0v) is 15.8. The summed E-state index contributed by atoms with van der Waals surface area (Å²) in [7, 11) is 1.45. The van der Waals surface area contributed by atoms with Gasteiger partial charge in [-0.15, -0.1) is 12.4 Å². The molecule has 3 saturated heterocycles. The van der Waals surface area contributed by atoms with Crippen molar-refractivity contribution in [2.75, 3.05) is 44.9 Å². The van der Waals surface area contributed by atoms with Gasteiger partial charge in [-0.2, -0.15) is 0 Å². The molecule has 142 valence electrons. The third-order valence-electron chi connectivity index (χ3n) is 5.76. The molecule has 3 fully saturated rings. The van der Waals surface area contributed by atoms with Crippen LogP contribution in [0, 0.1) is 11.3 Å². The van der Waals surface area contributed by atoms with Crippen LogP contribution in [0.4, 0.5) is 5.69 Å². The molecule has 4 rings (SSSR count). The summed E-state index contributed by atoms with van der Waals surface area (Å²) in [6.45, 7) is 4.22. The molecule has 3 aliphatic heterocycles. The number of rotatable bonds is 4. The molecule has 0 saturated carbocycles. The van der Waals surface area contributed by atoms with E-state index in [4.69, 9.17) is 9.47 Å². The number of hydrogen-bond acceptors (Lipinski definition) is 5. The fourth-order valence-corrected chi connectivity index (χ4v) is 4.41. The van der Waals surface area contributed by atoms with Gasteiger partial charge in [0.15, 0.2) is 0 Å². The first kappa shape index (κ1) is 19.1. The standard InChI is InChI=1S/C19H24N2O4.ClH/c1-24-18(23)19-12-20(10-15(19)11-25-13-19)9-14-4-6-16(7-5-14)21-8-2-3-17(21)22;/h4-7,15H,2-3,8-13H2,1H3;1H/t15-,19-;/m0./s1. The molecule has 0 N–H and O–H groups in total. The Balaban J connectivity index is 0.00000196. The van der Waals surface area contributed by atoms with E-state index in [0.717, 1.165) is 31.7 Å². The van der Waals surface area contributed by atoms with Gasteiger partial charge >= 0.3 is 5.97 Å². The van der Waals surface area contributed by atoms with Gasteiger partial charge < -0.3 is 14.4 Å². The summed E-state index contributed by atoms with van der Waals surface area (Å²) in [5, 5.41) is 0. The Labute approximate surface area is 159 Å². The molecule has 26 heavy (non-hydrogen) atoms. The van der Waals surface area contributed by atoms with Gasteiger partial charge in [-0.3, -0.25) is 14.5 Å². The van der Waals surface area contributed by atoms with Gasteiger partial charge in [0.2, 0.25) is 5.91 Å². The van der Waals surface area contributed by atoms with Crippen LogP contribution in [0.2, 0.25) is 0 Å². The molecule has 0 aromatic heterocycles. The zero-order valence-electron chi connectivity index (χ0n) is 15.0. The highest BCUT2D eigenvalue weighted by atomic mass is 35.5.